The second-order valence-corrected chi connectivity index (χ2v) is 5.65. The van der Waals surface area contributed by atoms with Crippen LogP contribution in [0.15, 0.2) is 48.7 Å². The molecule has 1 amide bonds. The second-order valence-electron chi connectivity index (χ2n) is 4.84. The smallest absolute Gasteiger partial charge is 0.267 e. The summed E-state index contributed by atoms with van der Waals surface area (Å²) in [4.78, 5) is 24.6. The highest BCUT2D eigenvalue weighted by Crippen LogP contribution is 2.26. The van der Waals surface area contributed by atoms with Gasteiger partial charge in [-0.3, -0.25) is 19.6 Å². The van der Waals surface area contributed by atoms with Gasteiger partial charge in [0.25, 0.3) is 11.8 Å². The molecule has 116 valence electrons. The van der Waals surface area contributed by atoms with Crippen LogP contribution >= 0.6 is 23.2 Å². The molecular weight excluding hydrogens is 337 g/mol. The fraction of sp³-hybridized carbons (Fsp3) is 0. The Kier molecular flexibility index (Phi) is 4.09. The molecule has 7 heteroatoms. The minimum absolute atomic E-state index is 0.286. The van der Waals surface area contributed by atoms with Gasteiger partial charge in [0.05, 0.1) is 21.1 Å². The highest BCUT2D eigenvalue weighted by molar-refractivity contribution is 6.42. The van der Waals surface area contributed by atoms with E-state index in [-0.39, 0.29) is 10.9 Å². The van der Waals surface area contributed by atoms with E-state index in [9.17, 15) is 9.59 Å². The van der Waals surface area contributed by atoms with Crippen LogP contribution in [0.2, 0.25) is 10.0 Å². The number of nitrogen functional groups attached to an aromatic ring is 1. The van der Waals surface area contributed by atoms with Crippen molar-refractivity contribution in [2.24, 2.45) is 5.84 Å². The van der Waals surface area contributed by atoms with E-state index in [0.29, 0.717) is 27.1 Å². The van der Waals surface area contributed by atoms with E-state index >= 15 is 0 Å². The summed E-state index contributed by atoms with van der Waals surface area (Å²) in [7, 11) is 0. The summed E-state index contributed by atoms with van der Waals surface area (Å²) in [6, 6.07) is 11.7. The molecule has 3 aromatic rings. The van der Waals surface area contributed by atoms with Crippen LogP contribution in [0.1, 0.15) is 20.7 Å². The third-order valence-corrected chi connectivity index (χ3v) is 4.21. The number of hydrazine groups is 1. The molecule has 1 aromatic heterocycles. The van der Waals surface area contributed by atoms with E-state index in [1.54, 1.807) is 36.4 Å². The molecule has 3 rings (SSSR count). The highest BCUT2D eigenvalue weighted by atomic mass is 35.5. The van der Waals surface area contributed by atoms with Gasteiger partial charge in [-0.15, -0.1) is 0 Å². The van der Waals surface area contributed by atoms with Crippen LogP contribution in [0.4, 0.5) is 0 Å². The minimum atomic E-state index is -0.470. The number of carbonyl (C=O) groups excluding carboxylic acids is 2. The molecule has 0 saturated heterocycles. The Balaban J connectivity index is 2.17. The van der Waals surface area contributed by atoms with Crippen molar-refractivity contribution in [3.63, 3.8) is 0 Å². The standard InChI is InChI=1S/C16H11Cl2N3O2/c17-12-6-5-9(7-13(12)18)16(23)21-8-11(15(22)20-19)10-3-1-2-4-14(10)21/h1-8H,19H2,(H,20,22). The van der Waals surface area contributed by atoms with E-state index in [2.05, 4.69) is 5.43 Å². The number of aromatic nitrogens is 1. The number of halogens is 2. The van der Waals surface area contributed by atoms with Crippen molar-refractivity contribution >= 4 is 45.9 Å². The fourth-order valence-corrected chi connectivity index (χ4v) is 2.67. The quantitative estimate of drug-likeness (QED) is 0.424. The first-order chi connectivity index (χ1) is 11.0. The maximum Gasteiger partial charge on any atom is 0.267 e. The molecule has 0 spiro atoms. The molecule has 1 heterocycles. The summed E-state index contributed by atoms with van der Waals surface area (Å²) in [5.41, 5.74) is 3.36. The van der Waals surface area contributed by atoms with Gasteiger partial charge in [0, 0.05) is 17.1 Å². The number of hydrogen-bond donors (Lipinski definition) is 2. The Morgan fingerprint density at radius 2 is 1.78 bits per heavy atom. The van der Waals surface area contributed by atoms with Crippen molar-refractivity contribution in [2.45, 2.75) is 0 Å². The van der Waals surface area contributed by atoms with Crippen LogP contribution in [-0.2, 0) is 0 Å². The number of nitrogens with zero attached hydrogens (tertiary/aromatic N) is 1. The van der Waals surface area contributed by atoms with E-state index in [0.717, 1.165) is 0 Å². The number of fused-ring (bicyclic) bond motifs is 1. The first-order valence-electron chi connectivity index (χ1n) is 6.63. The number of hydrogen-bond acceptors (Lipinski definition) is 3. The lowest BCUT2D eigenvalue weighted by Crippen LogP contribution is -2.29. The van der Waals surface area contributed by atoms with Crippen molar-refractivity contribution in [2.75, 3.05) is 0 Å². The molecule has 0 unspecified atom stereocenters. The van der Waals surface area contributed by atoms with Crippen LogP contribution in [0.25, 0.3) is 10.9 Å². The molecule has 23 heavy (non-hydrogen) atoms. The van der Waals surface area contributed by atoms with Crippen molar-refractivity contribution < 1.29 is 9.59 Å². The highest BCUT2D eigenvalue weighted by Gasteiger charge is 2.19. The summed E-state index contributed by atoms with van der Waals surface area (Å²) in [5.74, 6) is 4.41. The number of nitrogens with two attached hydrogens (primary N) is 1. The van der Waals surface area contributed by atoms with Gasteiger partial charge in [-0.25, -0.2) is 5.84 Å². The molecule has 2 aromatic carbocycles. The van der Waals surface area contributed by atoms with Crippen molar-refractivity contribution in [1.29, 1.82) is 0 Å². The summed E-state index contributed by atoms with van der Waals surface area (Å²) >= 11 is 11.8. The average molecular weight is 348 g/mol. The van der Waals surface area contributed by atoms with E-state index in [1.165, 1.54) is 16.8 Å². The normalized spacial score (nSPS) is 10.7. The number of nitrogens with one attached hydrogen (secondary N) is 1. The Morgan fingerprint density at radius 1 is 1.04 bits per heavy atom. The van der Waals surface area contributed by atoms with Gasteiger partial charge in [0.15, 0.2) is 0 Å². The Morgan fingerprint density at radius 3 is 2.48 bits per heavy atom. The van der Waals surface area contributed by atoms with Gasteiger partial charge in [-0.1, -0.05) is 41.4 Å². The number of carbonyl (C=O) groups is 2. The maximum atomic E-state index is 12.7. The summed E-state index contributed by atoms with van der Waals surface area (Å²) in [5, 5.41) is 1.28. The fourth-order valence-electron chi connectivity index (χ4n) is 2.37. The third-order valence-electron chi connectivity index (χ3n) is 3.47. The second kappa shape index (κ2) is 6.04. The Labute approximate surface area is 141 Å². The molecule has 0 aliphatic rings. The van der Waals surface area contributed by atoms with Crippen molar-refractivity contribution in [3.05, 3.63) is 69.8 Å². The number of para-hydroxylation sites is 1. The molecule has 5 nitrogen and oxygen atoms in total. The topological polar surface area (TPSA) is 77.1 Å². The first-order valence-corrected chi connectivity index (χ1v) is 7.39. The lowest BCUT2D eigenvalue weighted by molar-refractivity contribution is 0.0955. The van der Waals surface area contributed by atoms with E-state index < -0.39 is 5.91 Å². The Hall–Kier alpha value is -2.34. The average Bonchev–Trinajstić information content (AvgIpc) is 2.95. The predicted octanol–water partition coefficient (Wildman–Crippen LogP) is 3.24. The summed E-state index contributed by atoms with van der Waals surface area (Å²) in [6.07, 6.45) is 1.46. The van der Waals surface area contributed by atoms with Crippen molar-refractivity contribution in [3.8, 4) is 0 Å². The third kappa shape index (κ3) is 2.70. The molecule has 0 radical (unpaired) electrons. The van der Waals surface area contributed by atoms with Crippen LogP contribution in [0.3, 0.4) is 0 Å². The lowest BCUT2D eigenvalue weighted by Gasteiger charge is -2.05. The van der Waals surface area contributed by atoms with E-state index in [4.69, 9.17) is 29.0 Å². The number of rotatable bonds is 2. The molecule has 0 saturated carbocycles. The zero-order chi connectivity index (χ0) is 16.6. The molecule has 0 aliphatic carbocycles. The maximum absolute atomic E-state index is 12.7. The van der Waals surface area contributed by atoms with E-state index in [1.807, 2.05) is 0 Å². The van der Waals surface area contributed by atoms with Gasteiger partial charge in [-0.2, -0.15) is 0 Å². The zero-order valence-corrected chi connectivity index (χ0v) is 13.2. The molecule has 0 atom stereocenters. The van der Waals surface area contributed by atoms with Gasteiger partial charge in [0.2, 0.25) is 0 Å². The van der Waals surface area contributed by atoms with Crippen LogP contribution in [0.5, 0.6) is 0 Å². The lowest BCUT2D eigenvalue weighted by atomic mass is 10.1. The van der Waals surface area contributed by atoms with Crippen LogP contribution in [-0.4, -0.2) is 16.4 Å². The van der Waals surface area contributed by atoms with Gasteiger partial charge in [-0.05, 0) is 24.3 Å². The monoisotopic (exact) mass is 347 g/mol. The first kappa shape index (κ1) is 15.6. The van der Waals surface area contributed by atoms with Crippen molar-refractivity contribution in [1.82, 2.24) is 9.99 Å². The summed E-state index contributed by atoms with van der Waals surface area (Å²) in [6.45, 7) is 0. The number of benzene rings is 2. The predicted molar refractivity (Wildman–Crippen MR) is 89.8 cm³/mol. The number of amides is 1. The molecule has 0 aliphatic heterocycles. The molecule has 0 fully saturated rings. The zero-order valence-electron chi connectivity index (χ0n) is 11.7. The largest absolute Gasteiger partial charge is 0.290 e. The minimum Gasteiger partial charge on any atom is -0.290 e. The van der Waals surface area contributed by atoms with Gasteiger partial charge >= 0.3 is 0 Å². The summed E-state index contributed by atoms with van der Waals surface area (Å²) < 4.78 is 1.39. The van der Waals surface area contributed by atoms with Crippen LogP contribution in [0, 0.1) is 0 Å². The SMILES string of the molecule is NNC(=O)c1cn(C(=O)c2ccc(Cl)c(Cl)c2)c2ccccc12. The molecule has 3 N–H and O–H groups in total. The van der Waals surface area contributed by atoms with Gasteiger partial charge < -0.3 is 0 Å². The molecular formula is C16H11Cl2N3O2. The Bertz CT molecular complexity index is 934. The molecule has 0 bridgehead atoms. The van der Waals surface area contributed by atoms with Crippen LogP contribution < -0.4 is 11.3 Å². The van der Waals surface area contributed by atoms with Gasteiger partial charge in [0.1, 0.15) is 0 Å².